The van der Waals surface area contributed by atoms with Crippen LogP contribution in [-0.2, 0) is 26.1 Å². The smallest absolute Gasteiger partial charge is 0.0522 e. The Morgan fingerprint density at radius 3 is 2.72 bits per heavy atom. The molecule has 4 heteroatoms. The van der Waals surface area contributed by atoms with E-state index in [2.05, 4.69) is 47.1 Å². The summed E-state index contributed by atoms with van der Waals surface area (Å²) in [7, 11) is 0. The fraction of sp³-hybridized carbons (Fsp3) is 0.500. The Labute approximate surface area is 113 Å². The Morgan fingerprint density at radius 2 is 2.00 bits per heavy atom. The number of nitrogens with zero attached hydrogens (tertiary/aromatic N) is 2. The second-order valence-corrected chi connectivity index (χ2v) is 5.62. The lowest BCUT2D eigenvalue weighted by atomic mass is 10.3. The van der Waals surface area contributed by atoms with Gasteiger partial charge in [0.25, 0.3) is 0 Å². The molecule has 0 aliphatic rings. The zero-order valence-corrected chi connectivity index (χ0v) is 12.0. The summed E-state index contributed by atoms with van der Waals surface area (Å²) in [6.45, 7) is 7.22. The number of hydrogen-bond acceptors (Lipinski definition) is 3. The highest BCUT2D eigenvalue weighted by atomic mass is 32.1. The van der Waals surface area contributed by atoms with Gasteiger partial charge in [-0.15, -0.1) is 11.3 Å². The minimum Gasteiger partial charge on any atom is -0.306 e. The normalized spacial score (nSPS) is 11.0. The molecule has 2 rings (SSSR count). The standard InChI is InChI=1S/C14H21N3S/c1-3-9-17-12(7-8-16-17)10-15-11-14-6-5-13(4-2)18-14/h5-8,15H,3-4,9-11H2,1-2H3. The Bertz CT molecular complexity index is 473. The average Bonchev–Trinajstić information content (AvgIpc) is 3.00. The van der Waals surface area contributed by atoms with Crippen molar-refractivity contribution < 1.29 is 0 Å². The minimum atomic E-state index is 0.888. The first-order chi connectivity index (χ1) is 8.83. The fourth-order valence-electron chi connectivity index (χ4n) is 1.94. The molecule has 18 heavy (non-hydrogen) atoms. The molecule has 0 aliphatic carbocycles. The van der Waals surface area contributed by atoms with Crippen molar-refractivity contribution >= 4 is 11.3 Å². The quantitative estimate of drug-likeness (QED) is 0.831. The van der Waals surface area contributed by atoms with Crippen LogP contribution in [-0.4, -0.2) is 9.78 Å². The molecular formula is C14H21N3S. The van der Waals surface area contributed by atoms with Crippen LogP contribution in [0.2, 0.25) is 0 Å². The Kier molecular flexibility index (Phi) is 4.96. The number of thiophene rings is 1. The van der Waals surface area contributed by atoms with Crippen molar-refractivity contribution in [3.63, 3.8) is 0 Å². The molecule has 0 spiro atoms. The van der Waals surface area contributed by atoms with Gasteiger partial charge >= 0.3 is 0 Å². The zero-order chi connectivity index (χ0) is 12.8. The highest BCUT2D eigenvalue weighted by Gasteiger charge is 2.02. The third-order valence-electron chi connectivity index (χ3n) is 2.91. The van der Waals surface area contributed by atoms with Crippen molar-refractivity contribution in [2.24, 2.45) is 0 Å². The summed E-state index contributed by atoms with van der Waals surface area (Å²) in [5, 5.41) is 7.82. The van der Waals surface area contributed by atoms with E-state index < -0.39 is 0 Å². The maximum atomic E-state index is 4.33. The molecule has 0 aromatic carbocycles. The van der Waals surface area contributed by atoms with Crippen molar-refractivity contribution in [1.82, 2.24) is 15.1 Å². The summed E-state index contributed by atoms with van der Waals surface area (Å²) in [5.74, 6) is 0. The molecule has 1 N–H and O–H groups in total. The van der Waals surface area contributed by atoms with Gasteiger partial charge in [-0.25, -0.2) is 0 Å². The topological polar surface area (TPSA) is 29.9 Å². The summed E-state index contributed by atoms with van der Waals surface area (Å²) < 4.78 is 2.08. The number of rotatable bonds is 7. The van der Waals surface area contributed by atoms with E-state index in [0.29, 0.717) is 0 Å². The molecule has 0 atom stereocenters. The second-order valence-electron chi connectivity index (χ2n) is 4.37. The first kappa shape index (κ1) is 13.3. The summed E-state index contributed by atoms with van der Waals surface area (Å²) >= 11 is 1.90. The lowest BCUT2D eigenvalue weighted by molar-refractivity contribution is 0.550. The molecule has 2 aromatic rings. The molecule has 0 unspecified atom stereocenters. The summed E-state index contributed by atoms with van der Waals surface area (Å²) in [5.41, 5.74) is 1.27. The molecule has 0 amide bonds. The minimum absolute atomic E-state index is 0.888. The van der Waals surface area contributed by atoms with Gasteiger partial charge < -0.3 is 5.32 Å². The van der Waals surface area contributed by atoms with Gasteiger partial charge in [-0.2, -0.15) is 5.10 Å². The predicted octanol–water partition coefficient (Wildman–Crippen LogP) is 3.21. The van der Waals surface area contributed by atoms with Crippen LogP contribution in [0.25, 0.3) is 0 Å². The van der Waals surface area contributed by atoms with Crippen molar-refractivity contribution in [3.05, 3.63) is 39.8 Å². The maximum absolute atomic E-state index is 4.33. The zero-order valence-electron chi connectivity index (χ0n) is 11.1. The lowest BCUT2D eigenvalue weighted by Crippen LogP contribution is -2.15. The SMILES string of the molecule is CCCn1nccc1CNCc1ccc(CC)s1. The molecule has 98 valence electrons. The highest BCUT2D eigenvalue weighted by molar-refractivity contribution is 7.11. The molecular weight excluding hydrogens is 242 g/mol. The van der Waals surface area contributed by atoms with Crippen molar-refractivity contribution in [1.29, 1.82) is 0 Å². The molecule has 0 bridgehead atoms. The van der Waals surface area contributed by atoms with Gasteiger partial charge in [-0.05, 0) is 31.0 Å². The second kappa shape index (κ2) is 6.71. The third kappa shape index (κ3) is 3.43. The monoisotopic (exact) mass is 263 g/mol. The molecule has 0 saturated carbocycles. The maximum Gasteiger partial charge on any atom is 0.0522 e. The van der Waals surface area contributed by atoms with E-state index in [-0.39, 0.29) is 0 Å². The van der Waals surface area contributed by atoms with Crippen LogP contribution in [0.1, 0.15) is 35.7 Å². The van der Waals surface area contributed by atoms with E-state index in [1.165, 1.54) is 15.4 Å². The van der Waals surface area contributed by atoms with Crippen molar-refractivity contribution in [3.8, 4) is 0 Å². The summed E-state index contributed by atoms with van der Waals surface area (Å²) in [4.78, 5) is 2.87. The molecule has 3 nitrogen and oxygen atoms in total. The number of aryl methyl sites for hydroxylation is 2. The van der Waals surface area contributed by atoms with E-state index in [0.717, 1.165) is 32.5 Å². The molecule has 2 heterocycles. The van der Waals surface area contributed by atoms with Gasteiger partial charge in [-0.3, -0.25) is 4.68 Å². The van der Waals surface area contributed by atoms with Crippen LogP contribution in [0.4, 0.5) is 0 Å². The van der Waals surface area contributed by atoms with E-state index in [1.54, 1.807) is 0 Å². The van der Waals surface area contributed by atoms with Crippen molar-refractivity contribution in [2.45, 2.75) is 46.3 Å². The molecule has 0 radical (unpaired) electrons. The van der Waals surface area contributed by atoms with Gasteiger partial charge in [0.05, 0.1) is 5.69 Å². The fourth-order valence-corrected chi connectivity index (χ4v) is 2.87. The van der Waals surface area contributed by atoms with Crippen LogP contribution in [0.5, 0.6) is 0 Å². The van der Waals surface area contributed by atoms with E-state index >= 15 is 0 Å². The third-order valence-corrected chi connectivity index (χ3v) is 4.14. The predicted molar refractivity (Wildman–Crippen MR) is 76.8 cm³/mol. The van der Waals surface area contributed by atoms with E-state index in [4.69, 9.17) is 0 Å². The Hall–Kier alpha value is -1.13. The van der Waals surface area contributed by atoms with Crippen LogP contribution >= 0.6 is 11.3 Å². The van der Waals surface area contributed by atoms with E-state index in [1.807, 2.05) is 17.5 Å². The number of aromatic nitrogens is 2. The number of nitrogens with one attached hydrogen (secondary N) is 1. The van der Waals surface area contributed by atoms with Gasteiger partial charge in [-0.1, -0.05) is 13.8 Å². The van der Waals surface area contributed by atoms with Crippen LogP contribution in [0.15, 0.2) is 24.4 Å². The summed E-state index contributed by atoms with van der Waals surface area (Å²) in [6, 6.07) is 6.54. The Morgan fingerprint density at radius 1 is 1.17 bits per heavy atom. The van der Waals surface area contributed by atoms with Gasteiger partial charge in [0.2, 0.25) is 0 Å². The highest BCUT2D eigenvalue weighted by Crippen LogP contribution is 2.16. The van der Waals surface area contributed by atoms with Gasteiger partial charge in [0.15, 0.2) is 0 Å². The first-order valence-corrected chi connectivity index (χ1v) is 7.44. The molecule has 2 aromatic heterocycles. The largest absolute Gasteiger partial charge is 0.306 e. The lowest BCUT2D eigenvalue weighted by Gasteiger charge is -2.06. The van der Waals surface area contributed by atoms with Crippen LogP contribution in [0.3, 0.4) is 0 Å². The van der Waals surface area contributed by atoms with Crippen LogP contribution < -0.4 is 5.32 Å². The Balaban J connectivity index is 1.82. The number of hydrogen-bond donors (Lipinski definition) is 1. The van der Waals surface area contributed by atoms with Crippen LogP contribution in [0, 0.1) is 0 Å². The molecule has 0 aliphatic heterocycles. The average molecular weight is 263 g/mol. The van der Waals surface area contributed by atoms with Gasteiger partial charge in [0.1, 0.15) is 0 Å². The summed E-state index contributed by atoms with van der Waals surface area (Å²) in [6.07, 6.45) is 4.14. The molecule has 0 fully saturated rings. The van der Waals surface area contributed by atoms with Gasteiger partial charge in [0, 0.05) is 35.6 Å². The van der Waals surface area contributed by atoms with Crippen molar-refractivity contribution in [2.75, 3.05) is 0 Å². The van der Waals surface area contributed by atoms with E-state index in [9.17, 15) is 0 Å². The molecule has 0 saturated heterocycles. The first-order valence-electron chi connectivity index (χ1n) is 6.62.